The summed E-state index contributed by atoms with van der Waals surface area (Å²) in [6, 6.07) is -3.01. The highest BCUT2D eigenvalue weighted by Gasteiger charge is 2.28. The van der Waals surface area contributed by atoms with Crippen LogP contribution in [0, 0.1) is 0 Å². The molecule has 2 atom stereocenters. The zero-order valence-electron chi connectivity index (χ0n) is 9.20. The molecule has 0 radical (unpaired) electrons. The summed E-state index contributed by atoms with van der Waals surface area (Å²) in [4.78, 5) is 42.1. The zero-order valence-corrected chi connectivity index (χ0v) is 9.20. The maximum Gasteiger partial charge on any atom is 0.321 e. The predicted octanol–water partition coefficient (Wildman–Crippen LogP) is -1.18. The molecule has 0 bridgehead atoms. The SMILES string of the molecule is O=C(O)CC[C@H](NC(CC(=O)O)C(=O)O)C(=O)O. The molecule has 18 heavy (non-hydrogen) atoms. The fourth-order valence-electron chi connectivity index (χ4n) is 1.18. The Hall–Kier alpha value is -2.16. The van der Waals surface area contributed by atoms with Gasteiger partial charge >= 0.3 is 23.9 Å². The van der Waals surface area contributed by atoms with Crippen molar-refractivity contribution in [1.82, 2.24) is 5.32 Å². The summed E-state index contributed by atoms with van der Waals surface area (Å²) >= 11 is 0. The Morgan fingerprint density at radius 2 is 1.33 bits per heavy atom. The molecule has 0 aromatic rings. The second-order valence-corrected chi connectivity index (χ2v) is 3.48. The van der Waals surface area contributed by atoms with Crippen LogP contribution in [0.15, 0.2) is 0 Å². The molecule has 0 amide bonds. The molecule has 5 N–H and O–H groups in total. The van der Waals surface area contributed by atoms with E-state index in [-0.39, 0.29) is 6.42 Å². The van der Waals surface area contributed by atoms with Crippen LogP contribution >= 0.6 is 0 Å². The summed E-state index contributed by atoms with van der Waals surface area (Å²) in [5, 5.41) is 36.4. The normalized spacial score (nSPS) is 13.6. The summed E-state index contributed by atoms with van der Waals surface area (Å²) in [6.45, 7) is 0. The average molecular weight is 263 g/mol. The lowest BCUT2D eigenvalue weighted by Crippen LogP contribution is -2.48. The quantitative estimate of drug-likeness (QED) is 0.344. The highest BCUT2D eigenvalue weighted by atomic mass is 16.4. The number of rotatable bonds is 9. The molecular weight excluding hydrogens is 250 g/mol. The third kappa shape index (κ3) is 6.43. The minimum absolute atomic E-state index is 0.339. The van der Waals surface area contributed by atoms with Gasteiger partial charge in [0.2, 0.25) is 0 Å². The maximum atomic E-state index is 10.8. The van der Waals surface area contributed by atoms with Gasteiger partial charge in [-0.25, -0.2) is 0 Å². The minimum atomic E-state index is -1.59. The first-order valence-electron chi connectivity index (χ1n) is 4.89. The topological polar surface area (TPSA) is 161 Å². The van der Waals surface area contributed by atoms with Crippen LogP contribution < -0.4 is 5.32 Å². The molecule has 9 heteroatoms. The first-order valence-corrected chi connectivity index (χ1v) is 4.89. The average Bonchev–Trinajstić information content (AvgIpc) is 2.20. The molecule has 0 aliphatic rings. The highest BCUT2D eigenvalue weighted by molar-refractivity contribution is 5.82. The van der Waals surface area contributed by atoms with Gasteiger partial charge in [-0.15, -0.1) is 0 Å². The van der Waals surface area contributed by atoms with Gasteiger partial charge in [0.05, 0.1) is 6.42 Å². The molecule has 0 fully saturated rings. The molecule has 0 saturated heterocycles. The van der Waals surface area contributed by atoms with Crippen LogP contribution in [0.25, 0.3) is 0 Å². The van der Waals surface area contributed by atoms with Gasteiger partial charge in [0.25, 0.3) is 0 Å². The molecule has 0 rings (SSSR count). The number of nitrogens with one attached hydrogen (secondary N) is 1. The van der Waals surface area contributed by atoms with Crippen LogP contribution in [0.5, 0.6) is 0 Å². The van der Waals surface area contributed by atoms with Crippen LogP contribution in [-0.2, 0) is 19.2 Å². The van der Waals surface area contributed by atoms with E-state index >= 15 is 0 Å². The van der Waals surface area contributed by atoms with Crippen LogP contribution in [0.3, 0.4) is 0 Å². The molecule has 0 spiro atoms. The van der Waals surface area contributed by atoms with Crippen molar-refractivity contribution < 1.29 is 39.6 Å². The third-order valence-electron chi connectivity index (χ3n) is 2.02. The van der Waals surface area contributed by atoms with Gasteiger partial charge in [-0.1, -0.05) is 0 Å². The minimum Gasteiger partial charge on any atom is -0.481 e. The van der Waals surface area contributed by atoms with Gasteiger partial charge in [0, 0.05) is 6.42 Å². The van der Waals surface area contributed by atoms with E-state index in [1.165, 1.54) is 0 Å². The molecule has 0 aliphatic heterocycles. The van der Waals surface area contributed by atoms with Crippen molar-refractivity contribution >= 4 is 23.9 Å². The fraction of sp³-hybridized carbons (Fsp3) is 0.556. The number of hydrogen-bond acceptors (Lipinski definition) is 5. The van der Waals surface area contributed by atoms with Crippen molar-refractivity contribution in [3.8, 4) is 0 Å². The number of carboxylic acids is 4. The standard InChI is InChI=1S/C9H13NO8/c11-6(12)2-1-4(8(15)16)10-5(9(17)18)3-7(13)14/h4-5,10H,1-3H2,(H,11,12)(H,13,14)(H,15,16)(H,17,18)/t4-,5?/m0/s1. The maximum absolute atomic E-state index is 10.8. The lowest BCUT2D eigenvalue weighted by molar-refractivity contribution is -0.148. The van der Waals surface area contributed by atoms with E-state index in [9.17, 15) is 19.2 Å². The van der Waals surface area contributed by atoms with E-state index in [4.69, 9.17) is 20.4 Å². The summed E-state index contributed by atoms with van der Waals surface area (Å²) in [5.41, 5.74) is 0. The van der Waals surface area contributed by atoms with E-state index in [1.807, 2.05) is 0 Å². The van der Waals surface area contributed by atoms with E-state index < -0.39 is 48.8 Å². The monoisotopic (exact) mass is 263 g/mol. The van der Waals surface area contributed by atoms with Crippen molar-refractivity contribution in [1.29, 1.82) is 0 Å². The molecular formula is C9H13NO8. The van der Waals surface area contributed by atoms with Crippen molar-refractivity contribution in [3.63, 3.8) is 0 Å². The molecule has 0 heterocycles. The van der Waals surface area contributed by atoms with Crippen LogP contribution in [0.1, 0.15) is 19.3 Å². The predicted molar refractivity (Wildman–Crippen MR) is 55.1 cm³/mol. The van der Waals surface area contributed by atoms with Crippen molar-refractivity contribution in [3.05, 3.63) is 0 Å². The molecule has 0 aliphatic carbocycles. The fourth-order valence-corrected chi connectivity index (χ4v) is 1.18. The number of aliphatic carboxylic acids is 4. The van der Waals surface area contributed by atoms with Crippen molar-refractivity contribution in [2.75, 3.05) is 0 Å². The van der Waals surface area contributed by atoms with Crippen LogP contribution in [-0.4, -0.2) is 56.4 Å². The summed E-state index contributed by atoms with van der Waals surface area (Å²) in [6.07, 6.45) is -1.61. The largest absolute Gasteiger partial charge is 0.481 e. The van der Waals surface area contributed by atoms with Gasteiger partial charge in [0.1, 0.15) is 12.1 Å². The molecule has 9 nitrogen and oxygen atoms in total. The van der Waals surface area contributed by atoms with Crippen molar-refractivity contribution in [2.24, 2.45) is 0 Å². The second-order valence-electron chi connectivity index (χ2n) is 3.48. The molecule has 0 aromatic heterocycles. The molecule has 102 valence electrons. The number of hydrogen-bond donors (Lipinski definition) is 5. The Balaban J connectivity index is 4.60. The Kier molecular flexibility index (Phi) is 6.35. The Labute approximate surface area is 101 Å². The second kappa shape index (κ2) is 7.22. The van der Waals surface area contributed by atoms with Gasteiger partial charge < -0.3 is 20.4 Å². The zero-order chi connectivity index (χ0) is 14.3. The van der Waals surface area contributed by atoms with Crippen LogP contribution in [0.4, 0.5) is 0 Å². The van der Waals surface area contributed by atoms with Gasteiger partial charge in [-0.2, -0.15) is 0 Å². The van der Waals surface area contributed by atoms with E-state index in [1.54, 1.807) is 0 Å². The van der Waals surface area contributed by atoms with Gasteiger partial charge in [0.15, 0.2) is 0 Å². The molecule has 0 aromatic carbocycles. The Bertz CT molecular complexity index is 352. The molecule has 0 saturated carbocycles. The Morgan fingerprint density at radius 1 is 0.833 bits per heavy atom. The summed E-state index contributed by atoms with van der Waals surface area (Å²) in [5.74, 6) is -5.59. The van der Waals surface area contributed by atoms with E-state index in [0.717, 1.165) is 0 Å². The first kappa shape index (κ1) is 15.8. The molecule has 1 unspecified atom stereocenters. The van der Waals surface area contributed by atoms with Crippen molar-refractivity contribution in [2.45, 2.75) is 31.3 Å². The van der Waals surface area contributed by atoms with Crippen LogP contribution in [0.2, 0.25) is 0 Å². The summed E-state index contributed by atoms with van der Waals surface area (Å²) < 4.78 is 0. The number of carboxylic acid groups (broad SMARTS) is 4. The van der Waals surface area contributed by atoms with Gasteiger partial charge in [-0.3, -0.25) is 24.5 Å². The smallest absolute Gasteiger partial charge is 0.321 e. The highest BCUT2D eigenvalue weighted by Crippen LogP contribution is 2.02. The lowest BCUT2D eigenvalue weighted by Gasteiger charge is -2.18. The number of carbonyl (C=O) groups is 4. The van der Waals surface area contributed by atoms with E-state index in [0.29, 0.717) is 0 Å². The first-order chi connectivity index (χ1) is 8.23. The summed E-state index contributed by atoms with van der Waals surface area (Å²) in [7, 11) is 0. The Morgan fingerprint density at radius 3 is 1.67 bits per heavy atom. The third-order valence-corrected chi connectivity index (χ3v) is 2.02. The van der Waals surface area contributed by atoms with E-state index in [2.05, 4.69) is 5.32 Å². The van der Waals surface area contributed by atoms with Gasteiger partial charge in [-0.05, 0) is 6.42 Å². The lowest BCUT2D eigenvalue weighted by atomic mass is 10.1.